The number of anilines is 1. The van der Waals surface area contributed by atoms with Crippen molar-refractivity contribution in [1.29, 1.82) is 0 Å². The van der Waals surface area contributed by atoms with Crippen molar-refractivity contribution in [3.05, 3.63) is 30.5 Å². The number of fused-ring (bicyclic) bond motifs is 1. The molecule has 0 aromatic carbocycles. The van der Waals surface area contributed by atoms with Gasteiger partial charge in [-0.3, -0.25) is 4.98 Å². The van der Waals surface area contributed by atoms with E-state index in [4.69, 9.17) is 16.6 Å². The Morgan fingerprint density at radius 1 is 1.19 bits per heavy atom. The van der Waals surface area contributed by atoms with Crippen LogP contribution in [0.15, 0.2) is 34.9 Å². The van der Waals surface area contributed by atoms with Gasteiger partial charge in [0.25, 0.3) is 0 Å². The Kier molecular flexibility index (Phi) is 4.69. The lowest BCUT2D eigenvalue weighted by Gasteiger charge is -2.11. The number of hydrogen-bond acceptors (Lipinski definition) is 5. The molecule has 0 amide bonds. The third-order valence-electron chi connectivity index (χ3n) is 4.49. The third-order valence-corrected chi connectivity index (χ3v) is 6.49. The summed E-state index contributed by atoms with van der Waals surface area (Å²) >= 11 is 5.34. The first kappa shape index (κ1) is 18.1. The second kappa shape index (κ2) is 7.01. The van der Waals surface area contributed by atoms with Crippen molar-refractivity contribution < 1.29 is 4.42 Å². The van der Waals surface area contributed by atoms with Gasteiger partial charge in [-0.15, -0.1) is 0 Å². The Hall–Kier alpha value is -2.32. The number of pyridine rings is 1. The van der Waals surface area contributed by atoms with Crippen LogP contribution in [0.3, 0.4) is 0 Å². The predicted octanol–water partition coefficient (Wildman–Crippen LogP) is 3.53. The highest BCUT2D eigenvalue weighted by molar-refractivity contribution is 7.80. The molecule has 1 aliphatic rings. The quantitative estimate of drug-likeness (QED) is 0.504. The van der Waals surface area contributed by atoms with Crippen LogP contribution in [-0.2, 0) is 0 Å². The summed E-state index contributed by atoms with van der Waals surface area (Å²) in [5, 5.41) is 7.99. The zero-order chi connectivity index (χ0) is 19.0. The van der Waals surface area contributed by atoms with Gasteiger partial charge in [0.2, 0.25) is 0 Å². The number of hydrogen-bond donors (Lipinski definition) is 2. The van der Waals surface area contributed by atoms with Crippen LogP contribution in [-0.4, -0.2) is 34.7 Å². The van der Waals surface area contributed by atoms with Crippen LogP contribution in [0.1, 0.15) is 12.8 Å². The lowest BCUT2D eigenvalue weighted by atomic mass is 10.3. The van der Waals surface area contributed by atoms with E-state index in [0.29, 0.717) is 22.3 Å². The van der Waals surface area contributed by atoms with Crippen molar-refractivity contribution in [3.63, 3.8) is 0 Å². The fraction of sp³-hybridized carbons (Fsp3) is 0.368. The SMILES string of the molecule is C[Si](C)(C)c1ccc(-c2cnc3ccc(NC(=S)NCC4CC4)nc3n2)o1. The second-order valence-corrected chi connectivity index (χ2v) is 13.4. The molecule has 3 aromatic heterocycles. The van der Waals surface area contributed by atoms with Gasteiger partial charge >= 0.3 is 0 Å². The summed E-state index contributed by atoms with van der Waals surface area (Å²) in [5.41, 5.74) is 1.98. The minimum atomic E-state index is -1.50. The Bertz CT molecular complexity index is 993. The molecule has 0 bridgehead atoms. The summed E-state index contributed by atoms with van der Waals surface area (Å²) in [6.45, 7) is 7.67. The summed E-state index contributed by atoms with van der Waals surface area (Å²) in [7, 11) is -1.50. The second-order valence-electron chi connectivity index (χ2n) is 7.99. The van der Waals surface area contributed by atoms with Crippen LogP contribution < -0.4 is 16.0 Å². The average Bonchev–Trinajstić information content (AvgIpc) is 3.31. The van der Waals surface area contributed by atoms with E-state index < -0.39 is 8.07 Å². The summed E-state index contributed by atoms with van der Waals surface area (Å²) in [4.78, 5) is 13.7. The van der Waals surface area contributed by atoms with Gasteiger partial charge in [-0.05, 0) is 55.2 Å². The molecule has 140 valence electrons. The van der Waals surface area contributed by atoms with E-state index in [1.54, 1.807) is 6.20 Å². The summed E-state index contributed by atoms with van der Waals surface area (Å²) in [5.74, 6) is 2.14. The number of rotatable bonds is 5. The Morgan fingerprint density at radius 3 is 2.70 bits per heavy atom. The zero-order valence-electron chi connectivity index (χ0n) is 15.7. The average molecular weight is 398 g/mol. The van der Waals surface area contributed by atoms with Gasteiger partial charge in [0, 0.05) is 6.54 Å². The van der Waals surface area contributed by atoms with Crippen LogP contribution in [0, 0.1) is 5.92 Å². The smallest absolute Gasteiger partial charge is 0.180 e. The summed E-state index contributed by atoms with van der Waals surface area (Å²) < 4.78 is 6.02. The van der Waals surface area contributed by atoms with Crippen molar-refractivity contribution in [1.82, 2.24) is 20.3 Å². The summed E-state index contributed by atoms with van der Waals surface area (Å²) in [6.07, 6.45) is 4.30. The molecule has 1 saturated carbocycles. The summed E-state index contributed by atoms with van der Waals surface area (Å²) in [6, 6.07) is 7.75. The van der Waals surface area contributed by atoms with E-state index in [9.17, 15) is 0 Å². The molecule has 1 aliphatic carbocycles. The molecule has 0 aliphatic heterocycles. The maximum Gasteiger partial charge on any atom is 0.180 e. The monoisotopic (exact) mass is 397 g/mol. The van der Waals surface area contributed by atoms with E-state index in [2.05, 4.69) is 45.2 Å². The molecule has 3 aromatic rings. The standard InChI is InChI=1S/C19H23N5OSSi/c1-27(2,3)17-9-7-15(25-17)14-11-20-13-6-8-16(23-18(13)22-14)24-19(26)21-10-12-4-5-12/h6-9,11-12H,4-5,10H2,1-3H3,(H2,21,22,23,24,26). The van der Waals surface area contributed by atoms with E-state index in [1.807, 2.05) is 24.3 Å². The molecule has 0 unspecified atom stereocenters. The van der Waals surface area contributed by atoms with Crippen LogP contribution in [0.2, 0.25) is 19.6 Å². The fourth-order valence-electron chi connectivity index (χ4n) is 2.68. The lowest BCUT2D eigenvalue weighted by molar-refractivity contribution is 0.610. The molecular formula is C19H23N5OSSi. The van der Waals surface area contributed by atoms with Crippen LogP contribution in [0.25, 0.3) is 22.6 Å². The number of nitrogens with one attached hydrogen (secondary N) is 2. The van der Waals surface area contributed by atoms with Crippen molar-refractivity contribution in [2.24, 2.45) is 5.92 Å². The van der Waals surface area contributed by atoms with Gasteiger partial charge in [-0.25, -0.2) is 9.97 Å². The zero-order valence-corrected chi connectivity index (χ0v) is 17.6. The highest BCUT2D eigenvalue weighted by Gasteiger charge is 2.22. The van der Waals surface area contributed by atoms with Crippen LogP contribution in [0.5, 0.6) is 0 Å². The number of nitrogens with zero attached hydrogens (tertiary/aromatic N) is 3. The van der Waals surface area contributed by atoms with Crippen molar-refractivity contribution >= 4 is 47.8 Å². The number of thiocarbonyl (C=S) groups is 1. The maximum absolute atomic E-state index is 6.02. The van der Waals surface area contributed by atoms with Crippen LogP contribution >= 0.6 is 12.2 Å². The fourth-order valence-corrected chi connectivity index (χ4v) is 3.87. The molecule has 0 spiro atoms. The molecule has 6 nitrogen and oxygen atoms in total. The third kappa shape index (κ3) is 4.33. The van der Waals surface area contributed by atoms with Gasteiger partial charge in [-0.1, -0.05) is 19.6 Å². The first-order valence-electron chi connectivity index (χ1n) is 9.18. The molecule has 2 N–H and O–H groups in total. The molecule has 8 heteroatoms. The minimum Gasteiger partial charge on any atom is -0.465 e. The molecule has 3 heterocycles. The largest absolute Gasteiger partial charge is 0.465 e. The Labute approximate surface area is 164 Å². The van der Waals surface area contributed by atoms with E-state index in [1.165, 1.54) is 12.8 Å². The first-order valence-corrected chi connectivity index (χ1v) is 13.1. The highest BCUT2D eigenvalue weighted by atomic mass is 32.1. The molecule has 4 rings (SSSR count). The van der Waals surface area contributed by atoms with Gasteiger partial charge in [-0.2, -0.15) is 0 Å². The minimum absolute atomic E-state index is 0.563. The molecule has 1 fully saturated rings. The Balaban J connectivity index is 1.55. The number of furan rings is 1. The molecule has 0 radical (unpaired) electrons. The van der Waals surface area contributed by atoms with Gasteiger partial charge in [0.05, 0.1) is 11.6 Å². The van der Waals surface area contributed by atoms with E-state index in [-0.39, 0.29) is 0 Å². The molecule has 27 heavy (non-hydrogen) atoms. The van der Waals surface area contributed by atoms with E-state index in [0.717, 1.165) is 29.1 Å². The highest BCUT2D eigenvalue weighted by Crippen LogP contribution is 2.27. The molecule has 0 saturated heterocycles. The maximum atomic E-state index is 6.02. The number of aromatic nitrogens is 3. The van der Waals surface area contributed by atoms with Gasteiger partial charge < -0.3 is 15.1 Å². The lowest BCUT2D eigenvalue weighted by Crippen LogP contribution is -2.36. The first-order chi connectivity index (χ1) is 12.9. The molecule has 0 atom stereocenters. The van der Waals surface area contributed by atoms with Crippen molar-refractivity contribution in [2.75, 3.05) is 11.9 Å². The van der Waals surface area contributed by atoms with Crippen molar-refractivity contribution in [3.8, 4) is 11.5 Å². The van der Waals surface area contributed by atoms with Gasteiger partial charge in [0.1, 0.15) is 25.1 Å². The topological polar surface area (TPSA) is 75.9 Å². The predicted molar refractivity (Wildman–Crippen MR) is 115 cm³/mol. The van der Waals surface area contributed by atoms with Crippen molar-refractivity contribution in [2.45, 2.75) is 32.5 Å². The normalized spacial score (nSPS) is 14.3. The molecular weight excluding hydrogens is 374 g/mol. The van der Waals surface area contributed by atoms with E-state index >= 15 is 0 Å². The van der Waals surface area contributed by atoms with Gasteiger partial charge in [0.15, 0.2) is 16.5 Å². The van der Waals surface area contributed by atoms with Crippen LogP contribution in [0.4, 0.5) is 5.82 Å². The Morgan fingerprint density at radius 2 is 2.00 bits per heavy atom.